The molecule has 1 atom stereocenters. The van der Waals surface area contributed by atoms with E-state index in [-0.39, 0.29) is 5.91 Å². The molecule has 2 fully saturated rings. The van der Waals surface area contributed by atoms with Crippen molar-refractivity contribution in [3.63, 3.8) is 0 Å². The zero-order valence-electron chi connectivity index (χ0n) is 14.5. The van der Waals surface area contributed by atoms with Gasteiger partial charge in [0.15, 0.2) is 0 Å². The first-order valence-corrected chi connectivity index (χ1v) is 9.45. The molecule has 1 saturated heterocycles. The zero-order chi connectivity index (χ0) is 16.8. The molecular formula is C20H30N2O2. The van der Waals surface area contributed by atoms with Gasteiger partial charge >= 0.3 is 0 Å². The molecule has 0 aromatic heterocycles. The van der Waals surface area contributed by atoms with Crippen LogP contribution in [0.4, 0.5) is 0 Å². The lowest BCUT2D eigenvalue weighted by Gasteiger charge is -2.33. The van der Waals surface area contributed by atoms with Gasteiger partial charge in [-0.15, -0.1) is 0 Å². The number of aliphatic hydroxyl groups excluding tert-OH is 1. The van der Waals surface area contributed by atoms with Gasteiger partial charge < -0.3 is 15.3 Å². The number of aliphatic hydroxyl groups is 1. The highest BCUT2D eigenvalue weighted by atomic mass is 16.3. The fourth-order valence-corrected chi connectivity index (χ4v) is 4.05. The molecule has 0 spiro atoms. The van der Waals surface area contributed by atoms with Crippen LogP contribution < -0.4 is 5.32 Å². The number of amides is 1. The van der Waals surface area contributed by atoms with Crippen molar-refractivity contribution in [2.24, 2.45) is 5.92 Å². The van der Waals surface area contributed by atoms with E-state index in [0.29, 0.717) is 24.9 Å². The summed E-state index contributed by atoms with van der Waals surface area (Å²) < 4.78 is 0. The van der Waals surface area contributed by atoms with Gasteiger partial charge in [-0.05, 0) is 37.2 Å². The second-order valence-corrected chi connectivity index (χ2v) is 7.42. The molecule has 1 aliphatic heterocycles. The van der Waals surface area contributed by atoms with Gasteiger partial charge in [0, 0.05) is 32.1 Å². The van der Waals surface area contributed by atoms with Crippen molar-refractivity contribution in [3.05, 3.63) is 35.9 Å². The Labute approximate surface area is 145 Å². The van der Waals surface area contributed by atoms with Crippen LogP contribution in [0.1, 0.15) is 56.6 Å². The summed E-state index contributed by atoms with van der Waals surface area (Å²) in [5.74, 6) is 0.857. The number of carbonyl (C=O) groups excluding carboxylic acids is 1. The molecule has 3 rings (SSSR count). The molecule has 1 aliphatic carbocycles. The third-order valence-corrected chi connectivity index (χ3v) is 5.52. The zero-order valence-corrected chi connectivity index (χ0v) is 14.5. The van der Waals surface area contributed by atoms with Crippen molar-refractivity contribution in [3.8, 4) is 0 Å². The van der Waals surface area contributed by atoms with Crippen LogP contribution in [0.25, 0.3) is 0 Å². The molecule has 24 heavy (non-hydrogen) atoms. The average Bonchev–Trinajstić information content (AvgIpc) is 3.10. The quantitative estimate of drug-likeness (QED) is 0.843. The summed E-state index contributed by atoms with van der Waals surface area (Å²) in [5.41, 5.74) is 0.976. The van der Waals surface area contributed by atoms with Gasteiger partial charge in [0.25, 0.3) is 0 Å². The van der Waals surface area contributed by atoms with Crippen LogP contribution in [0.3, 0.4) is 0 Å². The molecule has 1 aromatic carbocycles. The largest absolute Gasteiger partial charge is 0.387 e. The Morgan fingerprint density at radius 3 is 2.46 bits per heavy atom. The Morgan fingerprint density at radius 2 is 1.79 bits per heavy atom. The van der Waals surface area contributed by atoms with Gasteiger partial charge in [-0.1, -0.05) is 43.2 Å². The summed E-state index contributed by atoms with van der Waals surface area (Å²) in [7, 11) is 0. The molecule has 2 aliphatic rings. The molecule has 1 unspecified atom stereocenters. The van der Waals surface area contributed by atoms with Crippen molar-refractivity contribution in [2.75, 3.05) is 19.6 Å². The number of piperidine rings is 1. The topological polar surface area (TPSA) is 52.6 Å². The molecule has 0 radical (unpaired) electrons. The maximum atomic E-state index is 12.1. The molecule has 4 nitrogen and oxygen atoms in total. The van der Waals surface area contributed by atoms with E-state index in [0.717, 1.165) is 31.5 Å². The monoisotopic (exact) mass is 330 g/mol. The average molecular weight is 330 g/mol. The second-order valence-electron chi connectivity index (χ2n) is 7.42. The lowest BCUT2D eigenvalue weighted by atomic mass is 10.0. The van der Waals surface area contributed by atoms with Crippen LogP contribution in [0.2, 0.25) is 0 Å². The number of hydrogen-bond acceptors (Lipinski definition) is 3. The Hall–Kier alpha value is -1.39. The second kappa shape index (κ2) is 8.63. The molecule has 132 valence electrons. The van der Waals surface area contributed by atoms with Gasteiger partial charge in [-0.2, -0.15) is 0 Å². The minimum Gasteiger partial charge on any atom is -0.387 e. The summed E-state index contributed by atoms with van der Waals surface area (Å²) in [6.07, 6.45) is 7.29. The van der Waals surface area contributed by atoms with Crippen LogP contribution in [-0.2, 0) is 4.79 Å². The first kappa shape index (κ1) is 17.4. The van der Waals surface area contributed by atoms with E-state index in [1.54, 1.807) is 0 Å². The highest BCUT2D eigenvalue weighted by Crippen LogP contribution is 2.27. The number of nitrogens with zero attached hydrogens (tertiary/aromatic N) is 1. The lowest BCUT2D eigenvalue weighted by Crippen LogP contribution is -2.45. The normalized spacial score (nSPS) is 21.7. The summed E-state index contributed by atoms with van der Waals surface area (Å²) in [6.45, 7) is 2.56. The molecule has 1 aromatic rings. The Morgan fingerprint density at radius 1 is 1.12 bits per heavy atom. The van der Waals surface area contributed by atoms with E-state index < -0.39 is 6.10 Å². The summed E-state index contributed by atoms with van der Waals surface area (Å²) in [5, 5.41) is 13.6. The van der Waals surface area contributed by atoms with Gasteiger partial charge in [0.1, 0.15) is 0 Å². The maximum Gasteiger partial charge on any atom is 0.220 e. The molecule has 0 bridgehead atoms. The predicted molar refractivity (Wildman–Crippen MR) is 95.6 cm³/mol. The number of carbonyl (C=O) groups is 1. The molecule has 1 amide bonds. The highest BCUT2D eigenvalue weighted by molar-refractivity contribution is 5.76. The molecule has 1 saturated carbocycles. The number of likely N-dealkylation sites (tertiary alicyclic amines) is 1. The van der Waals surface area contributed by atoms with E-state index in [1.807, 2.05) is 30.3 Å². The van der Waals surface area contributed by atoms with Crippen molar-refractivity contribution in [2.45, 2.75) is 57.1 Å². The summed E-state index contributed by atoms with van der Waals surface area (Å²) in [6, 6.07) is 10.1. The van der Waals surface area contributed by atoms with E-state index in [4.69, 9.17) is 0 Å². The van der Waals surface area contributed by atoms with Crippen LogP contribution >= 0.6 is 0 Å². The molecule has 2 N–H and O–H groups in total. The Bertz CT molecular complexity index is 506. The SMILES string of the molecule is O=C(CC1CCCC1)NC1CCN(CC(O)c2ccccc2)CC1. The van der Waals surface area contributed by atoms with Crippen molar-refractivity contribution < 1.29 is 9.90 Å². The Balaban J connectivity index is 1.37. The standard InChI is InChI=1S/C20H30N2O2/c23-19(17-8-2-1-3-9-17)15-22-12-10-18(11-13-22)21-20(24)14-16-6-4-5-7-16/h1-3,8-9,16,18-19,23H,4-7,10-15H2,(H,21,24). The van der Waals surface area contributed by atoms with E-state index in [1.165, 1.54) is 25.7 Å². The number of benzene rings is 1. The maximum absolute atomic E-state index is 12.1. The number of rotatable bonds is 6. The van der Waals surface area contributed by atoms with Crippen molar-refractivity contribution >= 4 is 5.91 Å². The van der Waals surface area contributed by atoms with E-state index in [9.17, 15) is 9.90 Å². The van der Waals surface area contributed by atoms with Crippen LogP contribution in [0.5, 0.6) is 0 Å². The highest BCUT2D eigenvalue weighted by Gasteiger charge is 2.24. The smallest absolute Gasteiger partial charge is 0.220 e. The van der Waals surface area contributed by atoms with Crippen molar-refractivity contribution in [1.29, 1.82) is 0 Å². The summed E-state index contributed by atoms with van der Waals surface area (Å²) in [4.78, 5) is 14.4. The summed E-state index contributed by atoms with van der Waals surface area (Å²) >= 11 is 0. The molecular weight excluding hydrogens is 300 g/mol. The van der Waals surface area contributed by atoms with Gasteiger partial charge in [-0.3, -0.25) is 4.79 Å². The minimum absolute atomic E-state index is 0.240. The van der Waals surface area contributed by atoms with Crippen LogP contribution in [0.15, 0.2) is 30.3 Å². The molecule has 1 heterocycles. The van der Waals surface area contributed by atoms with Gasteiger partial charge in [0.2, 0.25) is 5.91 Å². The van der Waals surface area contributed by atoms with Gasteiger partial charge in [0.05, 0.1) is 6.10 Å². The van der Waals surface area contributed by atoms with Crippen LogP contribution in [0, 0.1) is 5.92 Å². The third-order valence-electron chi connectivity index (χ3n) is 5.52. The number of nitrogens with one attached hydrogen (secondary N) is 1. The first-order chi connectivity index (χ1) is 11.7. The first-order valence-electron chi connectivity index (χ1n) is 9.45. The fourth-order valence-electron chi connectivity index (χ4n) is 4.05. The number of hydrogen-bond donors (Lipinski definition) is 2. The van der Waals surface area contributed by atoms with E-state index >= 15 is 0 Å². The number of β-amino-alcohol motifs (C(OH)–C–C–N with tert-alkyl or cyclic N) is 1. The van der Waals surface area contributed by atoms with Crippen molar-refractivity contribution in [1.82, 2.24) is 10.2 Å². The van der Waals surface area contributed by atoms with E-state index in [2.05, 4.69) is 10.2 Å². The lowest BCUT2D eigenvalue weighted by molar-refractivity contribution is -0.123. The minimum atomic E-state index is -0.431. The Kier molecular flexibility index (Phi) is 6.27. The third kappa shape index (κ3) is 5.05. The predicted octanol–water partition coefficient (Wildman–Crippen LogP) is 2.88. The van der Waals surface area contributed by atoms with Crippen LogP contribution in [-0.4, -0.2) is 41.6 Å². The fraction of sp³-hybridized carbons (Fsp3) is 0.650. The van der Waals surface area contributed by atoms with Gasteiger partial charge in [-0.25, -0.2) is 0 Å². The molecule has 4 heteroatoms.